The SMILES string of the molecule is CCNC(=O)[C@@H]1C[C@@H](N)CN1Cc1cc2ccc(C)cc2[nH]c1=O. The number of rotatable bonds is 4. The Bertz CT molecular complexity index is 814. The van der Waals surface area contributed by atoms with Crippen LogP contribution in [-0.2, 0) is 11.3 Å². The van der Waals surface area contributed by atoms with Crippen LogP contribution < -0.4 is 16.6 Å². The number of nitrogens with one attached hydrogen (secondary N) is 2. The molecule has 0 spiro atoms. The Labute approximate surface area is 141 Å². The number of pyridine rings is 1. The number of likely N-dealkylation sites (N-methyl/N-ethyl adjacent to an activating group) is 1. The van der Waals surface area contributed by atoms with E-state index in [0.29, 0.717) is 31.6 Å². The van der Waals surface area contributed by atoms with Crippen LogP contribution in [0.2, 0.25) is 0 Å². The molecule has 1 aliphatic rings. The molecule has 6 nitrogen and oxygen atoms in total. The summed E-state index contributed by atoms with van der Waals surface area (Å²) in [6, 6.07) is 7.58. The highest BCUT2D eigenvalue weighted by atomic mass is 16.2. The maximum Gasteiger partial charge on any atom is 0.252 e. The van der Waals surface area contributed by atoms with Crippen LogP contribution in [0.25, 0.3) is 10.9 Å². The first-order chi connectivity index (χ1) is 11.5. The average molecular weight is 328 g/mol. The second kappa shape index (κ2) is 6.75. The average Bonchev–Trinajstić information content (AvgIpc) is 2.89. The molecule has 0 aliphatic carbocycles. The third-order valence-electron chi connectivity index (χ3n) is 4.54. The van der Waals surface area contributed by atoms with E-state index in [1.165, 1.54) is 0 Å². The van der Waals surface area contributed by atoms with E-state index in [2.05, 4.69) is 10.3 Å². The van der Waals surface area contributed by atoms with Crippen LogP contribution in [0.15, 0.2) is 29.1 Å². The summed E-state index contributed by atoms with van der Waals surface area (Å²) in [5, 5.41) is 3.85. The summed E-state index contributed by atoms with van der Waals surface area (Å²) in [5.74, 6) is -0.0155. The van der Waals surface area contributed by atoms with Gasteiger partial charge in [-0.2, -0.15) is 0 Å². The van der Waals surface area contributed by atoms with E-state index in [9.17, 15) is 9.59 Å². The molecule has 1 saturated heterocycles. The van der Waals surface area contributed by atoms with Crippen molar-refractivity contribution in [2.24, 2.45) is 5.73 Å². The van der Waals surface area contributed by atoms with Crippen LogP contribution in [-0.4, -0.2) is 41.0 Å². The largest absolute Gasteiger partial charge is 0.355 e. The number of hydrogen-bond acceptors (Lipinski definition) is 4. The number of H-pyrrole nitrogens is 1. The molecule has 6 heteroatoms. The summed E-state index contributed by atoms with van der Waals surface area (Å²) in [4.78, 5) is 29.6. The van der Waals surface area contributed by atoms with Gasteiger partial charge < -0.3 is 16.0 Å². The number of aromatic amines is 1. The molecule has 24 heavy (non-hydrogen) atoms. The number of benzene rings is 1. The Morgan fingerprint density at radius 2 is 2.21 bits per heavy atom. The van der Waals surface area contributed by atoms with E-state index in [1.54, 1.807) is 0 Å². The van der Waals surface area contributed by atoms with E-state index in [4.69, 9.17) is 5.73 Å². The van der Waals surface area contributed by atoms with Gasteiger partial charge in [0.25, 0.3) is 5.56 Å². The number of likely N-dealkylation sites (tertiary alicyclic amines) is 1. The molecule has 0 unspecified atom stereocenters. The van der Waals surface area contributed by atoms with Crippen molar-refractivity contribution >= 4 is 16.8 Å². The zero-order valence-electron chi connectivity index (χ0n) is 14.1. The molecule has 1 amide bonds. The van der Waals surface area contributed by atoms with Gasteiger partial charge in [-0.1, -0.05) is 12.1 Å². The van der Waals surface area contributed by atoms with Crippen molar-refractivity contribution in [3.8, 4) is 0 Å². The van der Waals surface area contributed by atoms with Crippen molar-refractivity contribution < 1.29 is 4.79 Å². The number of nitrogens with two attached hydrogens (primary N) is 1. The topological polar surface area (TPSA) is 91.2 Å². The molecule has 1 fully saturated rings. The van der Waals surface area contributed by atoms with Gasteiger partial charge in [0.2, 0.25) is 5.91 Å². The smallest absolute Gasteiger partial charge is 0.252 e. The molecular formula is C18H24N4O2. The van der Waals surface area contributed by atoms with Gasteiger partial charge in [-0.3, -0.25) is 14.5 Å². The molecule has 3 rings (SSSR count). The Balaban J connectivity index is 1.88. The predicted octanol–water partition coefficient (Wildman–Crippen LogP) is 0.874. The van der Waals surface area contributed by atoms with Crippen molar-refractivity contribution in [2.75, 3.05) is 13.1 Å². The summed E-state index contributed by atoms with van der Waals surface area (Å²) >= 11 is 0. The van der Waals surface area contributed by atoms with Crippen molar-refractivity contribution in [1.82, 2.24) is 15.2 Å². The van der Waals surface area contributed by atoms with Gasteiger partial charge >= 0.3 is 0 Å². The Hall–Kier alpha value is -2.18. The van der Waals surface area contributed by atoms with E-state index < -0.39 is 0 Å². The highest BCUT2D eigenvalue weighted by molar-refractivity contribution is 5.82. The summed E-state index contributed by atoms with van der Waals surface area (Å²) in [6.07, 6.45) is 0.622. The maximum atomic E-state index is 12.4. The van der Waals surface area contributed by atoms with Gasteiger partial charge in [-0.05, 0) is 43.4 Å². The number of aryl methyl sites for hydroxylation is 1. The second-order valence-electron chi connectivity index (χ2n) is 6.55. The third kappa shape index (κ3) is 3.34. The summed E-state index contributed by atoms with van der Waals surface area (Å²) < 4.78 is 0. The van der Waals surface area contributed by atoms with Gasteiger partial charge in [0.1, 0.15) is 0 Å². The lowest BCUT2D eigenvalue weighted by Gasteiger charge is -2.23. The lowest BCUT2D eigenvalue weighted by atomic mass is 10.1. The standard InChI is InChI=1S/C18H24N4O2/c1-3-20-18(24)16-8-14(19)10-22(16)9-13-7-12-5-4-11(2)6-15(12)21-17(13)23/h4-7,14,16H,3,8-10,19H2,1-2H3,(H,20,24)(H,21,23)/t14-,16+/m1/s1. The molecule has 0 bridgehead atoms. The maximum absolute atomic E-state index is 12.4. The number of hydrogen-bond donors (Lipinski definition) is 3. The summed E-state index contributed by atoms with van der Waals surface area (Å²) in [7, 11) is 0. The first-order valence-electron chi connectivity index (χ1n) is 8.38. The molecule has 2 heterocycles. The highest BCUT2D eigenvalue weighted by Gasteiger charge is 2.35. The minimum atomic E-state index is -0.270. The van der Waals surface area contributed by atoms with E-state index >= 15 is 0 Å². The molecule has 0 saturated carbocycles. The molecule has 1 aliphatic heterocycles. The van der Waals surface area contributed by atoms with Crippen molar-refractivity contribution in [3.05, 3.63) is 45.7 Å². The highest BCUT2D eigenvalue weighted by Crippen LogP contribution is 2.20. The Morgan fingerprint density at radius 1 is 1.42 bits per heavy atom. The molecule has 1 aromatic carbocycles. The third-order valence-corrected chi connectivity index (χ3v) is 4.54. The van der Waals surface area contributed by atoms with Crippen LogP contribution in [0.3, 0.4) is 0 Å². The summed E-state index contributed by atoms with van der Waals surface area (Å²) in [5.41, 5.74) is 8.53. The number of carbonyl (C=O) groups is 1. The van der Waals surface area contributed by atoms with Gasteiger partial charge in [0.15, 0.2) is 0 Å². The number of fused-ring (bicyclic) bond motifs is 1. The molecule has 0 radical (unpaired) electrons. The number of carbonyl (C=O) groups excluding carboxylic acids is 1. The van der Waals surface area contributed by atoms with Crippen LogP contribution in [0.5, 0.6) is 0 Å². The zero-order chi connectivity index (χ0) is 17.3. The van der Waals surface area contributed by atoms with E-state index in [1.807, 2.05) is 43.0 Å². The van der Waals surface area contributed by atoms with Gasteiger partial charge in [0.05, 0.1) is 6.04 Å². The first-order valence-corrected chi connectivity index (χ1v) is 8.38. The number of aromatic nitrogens is 1. The van der Waals surface area contributed by atoms with E-state index in [0.717, 1.165) is 16.5 Å². The lowest BCUT2D eigenvalue weighted by molar-refractivity contribution is -0.125. The Kier molecular flexibility index (Phi) is 4.69. The van der Waals surface area contributed by atoms with Crippen molar-refractivity contribution in [2.45, 2.75) is 38.9 Å². The van der Waals surface area contributed by atoms with Gasteiger partial charge in [-0.15, -0.1) is 0 Å². The monoisotopic (exact) mass is 328 g/mol. The lowest BCUT2D eigenvalue weighted by Crippen LogP contribution is -2.43. The zero-order valence-corrected chi connectivity index (χ0v) is 14.1. The predicted molar refractivity (Wildman–Crippen MR) is 94.8 cm³/mol. The quantitative estimate of drug-likeness (QED) is 0.777. The molecule has 2 atom stereocenters. The van der Waals surface area contributed by atoms with E-state index in [-0.39, 0.29) is 23.6 Å². The van der Waals surface area contributed by atoms with Crippen LogP contribution in [0.1, 0.15) is 24.5 Å². The Morgan fingerprint density at radius 3 is 2.96 bits per heavy atom. The summed E-state index contributed by atoms with van der Waals surface area (Å²) in [6.45, 7) is 5.53. The normalized spacial score (nSPS) is 21.3. The first kappa shape index (κ1) is 16.7. The fourth-order valence-electron chi connectivity index (χ4n) is 3.37. The number of nitrogens with zero attached hydrogens (tertiary/aromatic N) is 1. The minimum Gasteiger partial charge on any atom is -0.355 e. The van der Waals surface area contributed by atoms with Gasteiger partial charge in [-0.25, -0.2) is 0 Å². The van der Waals surface area contributed by atoms with Crippen molar-refractivity contribution in [1.29, 1.82) is 0 Å². The van der Waals surface area contributed by atoms with Crippen molar-refractivity contribution in [3.63, 3.8) is 0 Å². The van der Waals surface area contributed by atoms with Crippen LogP contribution in [0.4, 0.5) is 0 Å². The fourth-order valence-corrected chi connectivity index (χ4v) is 3.37. The van der Waals surface area contributed by atoms with Gasteiger partial charge in [0, 0.05) is 36.8 Å². The van der Waals surface area contributed by atoms with Crippen LogP contribution in [0, 0.1) is 6.92 Å². The molecule has 1 aromatic heterocycles. The minimum absolute atomic E-state index is 0.0155. The molecule has 128 valence electrons. The molecule has 4 N–H and O–H groups in total. The molecular weight excluding hydrogens is 304 g/mol. The fraction of sp³-hybridized carbons (Fsp3) is 0.444. The molecule has 2 aromatic rings. The number of amides is 1. The van der Waals surface area contributed by atoms with Crippen LogP contribution >= 0.6 is 0 Å². The second-order valence-corrected chi connectivity index (χ2v) is 6.55.